The lowest BCUT2D eigenvalue weighted by molar-refractivity contribution is 0.468. The zero-order chi connectivity index (χ0) is 13.0. The molecular weight excluding hydrogens is 292 g/mol. The summed E-state index contributed by atoms with van der Waals surface area (Å²) in [5.74, 6) is 1.63. The number of aromatic nitrogens is 1. The van der Waals surface area contributed by atoms with Crippen LogP contribution >= 0.6 is 15.9 Å². The van der Waals surface area contributed by atoms with Gasteiger partial charge in [0.2, 0.25) is 0 Å². The summed E-state index contributed by atoms with van der Waals surface area (Å²) in [6.45, 7) is 2.78. The van der Waals surface area contributed by atoms with Crippen LogP contribution in [-0.2, 0) is 6.54 Å². The minimum Gasteiger partial charge on any atom is -0.455 e. The Morgan fingerprint density at radius 2 is 2.11 bits per heavy atom. The molecule has 3 nitrogen and oxygen atoms in total. The van der Waals surface area contributed by atoms with Gasteiger partial charge in [0.25, 0.3) is 0 Å². The Kier molecular flexibility index (Phi) is 4.33. The maximum absolute atomic E-state index is 5.94. The van der Waals surface area contributed by atoms with Crippen molar-refractivity contribution in [3.8, 4) is 11.5 Å². The summed E-state index contributed by atoms with van der Waals surface area (Å²) in [6, 6.07) is 7.94. The summed E-state index contributed by atoms with van der Waals surface area (Å²) < 4.78 is 6.94. The molecule has 18 heavy (non-hydrogen) atoms. The molecule has 0 spiro atoms. The van der Waals surface area contributed by atoms with Crippen LogP contribution in [0.25, 0.3) is 0 Å². The van der Waals surface area contributed by atoms with E-state index < -0.39 is 0 Å². The van der Waals surface area contributed by atoms with Crippen LogP contribution in [0.3, 0.4) is 0 Å². The fraction of sp³-hybridized carbons (Fsp3) is 0.214. The summed E-state index contributed by atoms with van der Waals surface area (Å²) in [6.07, 6.45) is 3.51. The Morgan fingerprint density at radius 3 is 2.89 bits per heavy atom. The molecule has 2 aromatic rings. The molecule has 2 rings (SSSR count). The number of aryl methyl sites for hydroxylation is 1. The first kappa shape index (κ1) is 13.1. The molecule has 94 valence electrons. The lowest BCUT2D eigenvalue weighted by Crippen LogP contribution is -2.06. The van der Waals surface area contributed by atoms with Gasteiger partial charge < -0.3 is 10.1 Å². The van der Waals surface area contributed by atoms with Crippen LogP contribution in [-0.4, -0.2) is 12.0 Å². The number of nitrogens with zero attached hydrogens (tertiary/aromatic N) is 1. The first-order chi connectivity index (χ1) is 8.70. The van der Waals surface area contributed by atoms with Gasteiger partial charge in [-0.25, -0.2) is 0 Å². The van der Waals surface area contributed by atoms with Crippen LogP contribution < -0.4 is 10.1 Å². The monoisotopic (exact) mass is 306 g/mol. The Labute approximate surface area is 115 Å². The summed E-state index contributed by atoms with van der Waals surface area (Å²) in [5.41, 5.74) is 2.18. The van der Waals surface area contributed by atoms with E-state index in [4.69, 9.17) is 4.74 Å². The molecule has 0 aliphatic carbocycles. The lowest BCUT2D eigenvalue weighted by atomic mass is 10.2. The lowest BCUT2D eigenvalue weighted by Gasteiger charge is -2.12. The molecule has 0 bridgehead atoms. The van der Waals surface area contributed by atoms with E-state index in [0.717, 1.165) is 33.6 Å². The van der Waals surface area contributed by atoms with Gasteiger partial charge in [0, 0.05) is 22.8 Å². The summed E-state index contributed by atoms with van der Waals surface area (Å²) >= 11 is 3.45. The molecule has 0 amide bonds. The third-order valence-electron chi connectivity index (χ3n) is 2.61. The van der Waals surface area contributed by atoms with Gasteiger partial charge >= 0.3 is 0 Å². The number of pyridine rings is 1. The van der Waals surface area contributed by atoms with Crippen molar-refractivity contribution in [1.82, 2.24) is 10.3 Å². The first-order valence-corrected chi connectivity index (χ1v) is 6.51. The van der Waals surface area contributed by atoms with E-state index >= 15 is 0 Å². The largest absolute Gasteiger partial charge is 0.455 e. The third kappa shape index (κ3) is 3.09. The molecule has 0 atom stereocenters. The second-order valence-corrected chi connectivity index (χ2v) is 4.94. The quantitative estimate of drug-likeness (QED) is 0.936. The van der Waals surface area contributed by atoms with E-state index in [1.165, 1.54) is 0 Å². The average molecular weight is 307 g/mol. The Hall–Kier alpha value is -1.39. The standard InChI is InChI=1S/C14H15BrN2O/c1-10-3-4-12(15)7-13(10)18-14-9-17-6-5-11(14)8-16-2/h3-7,9,16H,8H2,1-2H3. The first-order valence-electron chi connectivity index (χ1n) is 5.72. The van der Waals surface area contributed by atoms with Crippen LogP contribution in [0.1, 0.15) is 11.1 Å². The van der Waals surface area contributed by atoms with Crippen LogP contribution in [0.15, 0.2) is 41.1 Å². The molecule has 0 fully saturated rings. The van der Waals surface area contributed by atoms with Gasteiger partial charge in [-0.2, -0.15) is 0 Å². The highest BCUT2D eigenvalue weighted by Gasteiger charge is 2.06. The number of benzene rings is 1. The fourth-order valence-corrected chi connectivity index (χ4v) is 1.98. The van der Waals surface area contributed by atoms with Crippen LogP contribution in [0.5, 0.6) is 11.5 Å². The van der Waals surface area contributed by atoms with Crippen molar-refractivity contribution < 1.29 is 4.74 Å². The van der Waals surface area contributed by atoms with Gasteiger partial charge in [0.1, 0.15) is 11.5 Å². The second kappa shape index (κ2) is 5.98. The molecule has 1 heterocycles. The maximum atomic E-state index is 5.94. The molecule has 0 radical (unpaired) electrons. The highest BCUT2D eigenvalue weighted by atomic mass is 79.9. The highest BCUT2D eigenvalue weighted by Crippen LogP contribution is 2.29. The number of nitrogens with one attached hydrogen (secondary N) is 1. The predicted octanol–water partition coefficient (Wildman–Crippen LogP) is 3.66. The van der Waals surface area contributed by atoms with E-state index in [9.17, 15) is 0 Å². The van der Waals surface area contributed by atoms with Crippen molar-refractivity contribution in [1.29, 1.82) is 0 Å². The Bertz CT molecular complexity index is 543. The molecule has 4 heteroatoms. The number of hydrogen-bond donors (Lipinski definition) is 1. The fourth-order valence-electron chi connectivity index (χ4n) is 1.64. The van der Waals surface area contributed by atoms with Crippen molar-refractivity contribution in [2.75, 3.05) is 7.05 Å². The number of hydrogen-bond acceptors (Lipinski definition) is 3. The zero-order valence-corrected chi connectivity index (χ0v) is 12.0. The molecule has 1 N–H and O–H groups in total. The summed E-state index contributed by atoms with van der Waals surface area (Å²) in [5, 5.41) is 3.12. The second-order valence-electron chi connectivity index (χ2n) is 4.03. The minimum absolute atomic E-state index is 0.755. The predicted molar refractivity (Wildman–Crippen MR) is 76.0 cm³/mol. The molecule has 0 aliphatic heterocycles. The van der Waals surface area contributed by atoms with E-state index in [-0.39, 0.29) is 0 Å². The van der Waals surface area contributed by atoms with Gasteiger partial charge in [-0.05, 0) is 37.7 Å². The minimum atomic E-state index is 0.755. The SMILES string of the molecule is CNCc1ccncc1Oc1cc(Br)ccc1C. The van der Waals surface area contributed by atoms with Crippen LogP contribution in [0.4, 0.5) is 0 Å². The normalized spacial score (nSPS) is 10.4. The molecule has 1 aromatic heterocycles. The van der Waals surface area contributed by atoms with Crippen LogP contribution in [0, 0.1) is 6.92 Å². The maximum Gasteiger partial charge on any atom is 0.150 e. The van der Waals surface area contributed by atoms with Gasteiger partial charge in [0.05, 0.1) is 6.20 Å². The molecular formula is C14H15BrN2O. The van der Waals surface area contributed by atoms with E-state index in [0.29, 0.717) is 0 Å². The Balaban J connectivity index is 2.30. The topological polar surface area (TPSA) is 34.2 Å². The molecule has 1 aromatic carbocycles. The summed E-state index contributed by atoms with van der Waals surface area (Å²) in [7, 11) is 1.91. The summed E-state index contributed by atoms with van der Waals surface area (Å²) in [4.78, 5) is 4.11. The van der Waals surface area contributed by atoms with Crippen molar-refractivity contribution in [3.05, 3.63) is 52.3 Å². The average Bonchev–Trinajstić information content (AvgIpc) is 2.36. The van der Waals surface area contributed by atoms with Gasteiger partial charge in [-0.3, -0.25) is 4.98 Å². The van der Waals surface area contributed by atoms with E-state index in [1.54, 1.807) is 12.4 Å². The highest BCUT2D eigenvalue weighted by molar-refractivity contribution is 9.10. The number of ether oxygens (including phenoxy) is 1. The van der Waals surface area contributed by atoms with Crippen molar-refractivity contribution in [2.45, 2.75) is 13.5 Å². The van der Waals surface area contributed by atoms with Crippen molar-refractivity contribution >= 4 is 15.9 Å². The molecule has 0 saturated heterocycles. The molecule has 0 unspecified atom stereocenters. The van der Waals surface area contributed by atoms with E-state index in [1.807, 2.05) is 38.2 Å². The van der Waals surface area contributed by atoms with Crippen molar-refractivity contribution in [2.24, 2.45) is 0 Å². The van der Waals surface area contributed by atoms with Crippen molar-refractivity contribution in [3.63, 3.8) is 0 Å². The van der Waals surface area contributed by atoms with E-state index in [2.05, 4.69) is 26.2 Å². The number of halogens is 1. The zero-order valence-electron chi connectivity index (χ0n) is 10.4. The molecule has 0 saturated carbocycles. The molecule has 0 aliphatic rings. The number of rotatable bonds is 4. The van der Waals surface area contributed by atoms with Gasteiger partial charge in [-0.15, -0.1) is 0 Å². The van der Waals surface area contributed by atoms with Gasteiger partial charge in [-0.1, -0.05) is 22.0 Å². The third-order valence-corrected chi connectivity index (χ3v) is 3.10. The Morgan fingerprint density at radius 1 is 1.28 bits per heavy atom. The van der Waals surface area contributed by atoms with Gasteiger partial charge in [0.15, 0.2) is 0 Å². The van der Waals surface area contributed by atoms with Crippen LogP contribution in [0.2, 0.25) is 0 Å². The smallest absolute Gasteiger partial charge is 0.150 e.